The van der Waals surface area contributed by atoms with Crippen LogP contribution in [0.5, 0.6) is 5.75 Å². The number of methoxy groups -OCH3 is 1. The average molecular weight is 656 g/mol. The van der Waals surface area contributed by atoms with E-state index in [1.54, 1.807) is 12.1 Å². The van der Waals surface area contributed by atoms with Crippen molar-refractivity contribution in [3.05, 3.63) is 75.9 Å². The third kappa shape index (κ3) is 7.48. The van der Waals surface area contributed by atoms with Crippen LogP contribution in [0.4, 0.5) is 32.0 Å². The van der Waals surface area contributed by atoms with E-state index in [0.717, 1.165) is 17.6 Å². The maximum absolute atomic E-state index is 13.7. The number of aromatic hydroxyl groups is 1. The molecule has 1 heterocycles. The molecule has 250 valence electrons. The molecule has 1 fully saturated rings. The molecule has 3 N–H and O–H groups in total. The Morgan fingerprint density at radius 3 is 2.22 bits per heavy atom. The van der Waals surface area contributed by atoms with E-state index in [0.29, 0.717) is 35.4 Å². The van der Waals surface area contributed by atoms with Gasteiger partial charge in [-0.3, -0.25) is 9.59 Å². The molecule has 2 aromatic carbocycles. The number of allylic oxidation sites excluding steroid dienone is 1. The Hall–Kier alpha value is -3.68. The van der Waals surface area contributed by atoms with Crippen molar-refractivity contribution >= 4 is 23.6 Å². The van der Waals surface area contributed by atoms with Gasteiger partial charge in [0.1, 0.15) is 5.75 Å². The Morgan fingerprint density at radius 1 is 1.02 bits per heavy atom. The lowest BCUT2D eigenvalue weighted by molar-refractivity contribution is -0.143. The Kier molecular flexibility index (Phi) is 10.7. The lowest BCUT2D eigenvalue weighted by Gasteiger charge is -2.36. The van der Waals surface area contributed by atoms with Gasteiger partial charge >= 0.3 is 12.4 Å². The summed E-state index contributed by atoms with van der Waals surface area (Å²) in [5.74, 6) is -5.63. The van der Waals surface area contributed by atoms with Crippen molar-refractivity contribution in [3.63, 3.8) is 0 Å². The van der Waals surface area contributed by atoms with Crippen LogP contribution in [0.3, 0.4) is 0 Å². The predicted octanol–water partition coefficient (Wildman–Crippen LogP) is 6.52. The molecule has 0 unspecified atom stereocenters. The summed E-state index contributed by atoms with van der Waals surface area (Å²) in [4.78, 5) is 27.6. The van der Waals surface area contributed by atoms with E-state index in [1.807, 2.05) is 19.1 Å². The first-order valence-corrected chi connectivity index (χ1v) is 14.8. The molecule has 2 aromatic rings. The lowest BCUT2D eigenvalue weighted by Crippen LogP contribution is -2.39. The zero-order valence-corrected chi connectivity index (χ0v) is 25.2. The van der Waals surface area contributed by atoms with Crippen LogP contribution in [0.25, 0.3) is 6.08 Å². The van der Waals surface area contributed by atoms with Gasteiger partial charge in [-0.2, -0.15) is 26.3 Å². The maximum Gasteiger partial charge on any atom is 0.416 e. The Morgan fingerprint density at radius 2 is 1.67 bits per heavy atom. The second-order valence-electron chi connectivity index (χ2n) is 11.6. The number of aliphatic hydroxyl groups excluding tert-OH is 2. The van der Waals surface area contributed by atoms with Gasteiger partial charge < -0.3 is 20.1 Å². The van der Waals surface area contributed by atoms with E-state index in [2.05, 4.69) is 0 Å². The first-order valence-electron chi connectivity index (χ1n) is 14.8. The van der Waals surface area contributed by atoms with Crippen LogP contribution in [0.1, 0.15) is 55.7 Å². The number of alkyl halides is 6. The highest BCUT2D eigenvalue weighted by molar-refractivity contribution is 6.22. The van der Waals surface area contributed by atoms with Crippen molar-refractivity contribution in [1.29, 1.82) is 0 Å². The number of imide groups is 1. The third-order valence-corrected chi connectivity index (χ3v) is 8.44. The van der Waals surface area contributed by atoms with Crippen molar-refractivity contribution in [2.75, 3.05) is 25.2 Å². The molecule has 0 bridgehead atoms. The zero-order chi connectivity index (χ0) is 34.0. The number of amides is 2. The highest BCUT2D eigenvalue weighted by Gasteiger charge is 2.55. The summed E-state index contributed by atoms with van der Waals surface area (Å²) in [6.07, 6.45) is -7.85. The van der Waals surface area contributed by atoms with Crippen LogP contribution in [0, 0.1) is 17.8 Å². The van der Waals surface area contributed by atoms with Gasteiger partial charge in [0.2, 0.25) is 11.8 Å². The maximum atomic E-state index is 13.7. The van der Waals surface area contributed by atoms with Gasteiger partial charge in [-0.25, -0.2) is 4.90 Å². The molecule has 0 aromatic heterocycles. The van der Waals surface area contributed by atoms with Crippen LogP contribution in [-0.2, 0) is 26.7 Å². The summed E-state index contributed by atoms with van der Waals surface area (Å²) in [5.41, 5.74) is -1.83. The molecule has 1 aliphatic heterocycles. The number of aliphatic hydroxyl groups is 2. The van der Waals surface area contributed by atoms with E-state index in [9.17, 15) is 51.3 Å². The molecular formula is C33H35F6NO6. The summed E-state index contributed by atoms with van der Waals surface area (Å²) < 4.78 is 86.7. The molecule has 7 nitrogen and oxygen atoms in total. The third-order valence-electron chi connectivity index (χ3n) is 8.44. The van der Waals surface area contributed by atoms with Gasteiger partial charge in [-0.15, -0.1) is 0 Å². The Labute approximate surface area is 261 Å². The highest BCUT2D eigenvalue weighted by atomic mass is 19.4. The van der Waals surface area contributed by atoms with Crippen molar-refractivity contribution in [2.24, 2.45) is 17.8 Å². The van der Waals surface area contributed by atoms with Gasteiger partial charge in [0.25, 0.3) is 0 Å². The Bertz CT molecular complexity index is 1480. The normalized spacial score (nSPS) is 21.7. The quantitative estimate of drug-likeness (QED) is 0.145. The molecule has 2 aliphatic rings. The number of anilines is 1. The largest absolute Gasteiger partial charge is 0.508 e. The van der Waals surface area contributed by atoms with E-state index in [4.69, 9.17) is 4.74 Å². The minimum atomic E-state index is -5.20. The van der Waals surface area contributed by atoms with Crippen molar-refractivity contribution in [2.45, 2.75) is 57.5 Å². The number of fused-ring (bicyclic) bond motifs is 1. The second kappa shape index (κ2) is 14.0. The van der Waals surface area contributed by atoms with Crippen molar-refractivity contribution in [3.8, 4) is 5.75 Å². The number of phenolic OH excluding ortho intramolecular Hbond substituents is 1. The van der Waals surface area contributed by atoms with Crippen LogP contribution in [0.2, 0.25) is 0 Å². The van der Waals surface area contributed by atoms with Crippen LogP contribution >= 0.6 is 0 Å². The van der Waals surface area contributed by atoms with Gasteiger partial charge in [0.05, 0.1) is 48.0 Å². The monoisotopic (exact) mass is 655 g/mol. The number of rotatable bonds is 11. The number of hydrogen-bond donors (Lipinski definition) is 3. The molecule has 2 amide bonds. The average Bonchev–Trinajstić information content (AvgIpc) is 3.23. The van der Waals surface area contributed by atoms with E-state index in [-0.39, 0.29) is 36.8 Å². The molecule has 13 heteroatoms. The number of phenols is 1. The molecule has 0 saturated carbocycles. The molecule has 0 radical (unpaired) electrons. The van der Waals surface area contributed by atoms with Gasteiger partial charge in [0, 0.05) is 13.0 Å². The summed E-state index contributed by atoms with van der Waals surface area (Å²) in [7, 11) is 1.36. The molecule has 4 atom stereocenters. The number of carbonyl (C=O) groups is 2. The van der Waals surface area contributed by atoms with E-state index >= 15 is 0 Å². The number of hydrogen-bond acceptors (Lipinski definition) is 6. The first kappa shape index (κ1) is 35.2. The Balaban J connectivity index is 1.68. The molecule has 0 spiro atoms. The molecule has 46 heavy (non-hydrogen) atoms. The lowest BCUT2D eigenvalue weighted by atomic mass is 9.68. The van der Waals surface area contributed by atoms with Gasteiger partial charge in [-0.1, -0.05) is 37.1 Å². The second-order valence-corrected chi connectivity index (χ2v) is 11.6. The molecule has 1 saturated heterocycles. The summed E-state index contributed by atoms with van der Waals surface area (Å²) in [6.45, 7) is 1.17. The molecular weight excluding hydrogens is 620 g/mol. The topological polar surface area (TPSA) is 107 Å². The van der Waals surface area contributed by atoms with Gasteiger partial charge in [0.15, 0.2) is 0 Å². The highest BCUT2D eigenvalue weighted by Crippen LogP contribution is 2.48. The minimum absolute atomic E-state index is 0.0870. The van der Waals surface area contributed by atoms with Crippen LogP contribution in [0.15, 0.2) is 59.2 Å². The van der Waals surface area contributed by atoms with Crippen molar-refractivity contribution in [1.82, 2.24) is 0 Å². The zero-order valence-electron chi connectivity index (χ0n) is 25.2. The first-order chi connectivity index (χ1) is 21.6. The van der Waals surface area contributed by atoms with E-state index < -0.39 is 71.4 Å². The summed E-state index contributed by atoms with van der Waals surface area (Å²) in [6, 6.07) is 7.18. The van der Waals surface area contributed by atoms with Crippen LogP contribution < -0.4 is 4.90 Å². The van der Waals surface area contributed by atoms with Crippen molar-refractivity contribution < 1.29 is 56.0 Å². The van der Waals surface area contributed by atoms with E-state index in [1.165, 1.54) is 13.2 Å². The fourth-order valence-corrected chi connectivity index (χ4v) is 6.51. The standard InChI is InChI=1S/C33H35F6NO6/c1-3-5-18(10-19-6-4-7-24(42)11-19)8-9-27(43)28-20(17-46-2)12-25-29(26(28)16-41)31(45)40(30(25)44)23-14-21(32(34,35)36)13-22(15-23)33(37,38)39/h4,6-7,10-11,13-15,25-27,29,41-43H,3,5,8-9,12,16-17H2,1-2H3/b18-10+/t25-,26+,27-,29-/m1/s1. The summed E-state index contributed by atoms with van der Waals surface area (Å²) in [5, 5.41) is 31.8. The number of nitrogens with zero attached hydrogens (tertiary/aromatic N) is 1. The number of benzene rings is 2. The summed E-state index contributed by atoms with van der Waals surface area (Å²) >= 11 is 0. The number of carbonyl (C=O) groups excluding carboxylic acids is 2. The van der Waals surface area contributed by atoms with Gasteiger partial charge in [-0.05, 0) is 72.7 Å². The number of halogens is 6. The molecule has 1 aliphatic carbocycles. The van der Waals surface area contributed by atoms with Crippen LogP contribution in [-0.4, -0.2) is 53.6 Å². The minimum Gasteiger partial charge on any atom is -0.508 e. The fourth-order valence-electron chi connectivity index (χ4n) is 6.51. The smallest absolute Gasteiger partial charge is 0.416 e. The number of ether oxygens (including phenoxy) is 1. The predicted molar refractivity (Wildman–Crippen MR) is 156 cm³/mol. The fraction of sp³-hybridized carbons (Fsp3) is 0.455. The molecule has 4 rings (SSSR count). The SMILES string of the molecule is CCC/C(=C\c1cccc(O)c1)CC[C@@H](O)C1=C(COC)C[C@H]2C(=O)N(c3cc(C(F)(F)F)cc(C(F)(F)F)c3)C(=O)[C@H]2[C@H]1CO.